The van der Waals surface area contributed by atoms with E-state index in [2.05, 4.69) is 34.7 Å². The molecule has 1 atom stereocenters. The highest BCUT2D eigenvalue weighted by Crippen LogP contribution is 2.25. The highest BCUT2D eigenvalue weighted by Gasteiger charge is 2.24. The van der Waals surface area contributed by atoms with E-state index in [1.54, 1.807) is 24.3 Å². The Morgan fingerprint density at radius 2 is 1.88 bits per heavy atom. The Morgan fingerprint density at radius 3 is 2.58 bits per heavy atom. The number of carbonyl (C=O) groups excluding carboxylic acids is 2. The molecule has 0 bridgehead atoms. The van der Waals surface area contributed by atoms with Crippen LogP contribution in [0.3, 0.4) is 0 Å². The van der Waals surface area contributed by atoms with Crippen molar-refractivity contribution in [1.82, 2.24) is 20.1 Å². The molecule has 0 fully saturated rings. The minimum absolute atomic E-state index is 0.124. The number of thioether (sulfide) groups is 1. The first-order valence-corrected chi connectivity index (χ1v) is 12.0. The molecule has 0 aliphatic heterocycles. The van der Waals surface area contributed by atoms with E-state index in [-0.39, 0.29) is 23.6 Å². The summed E-state index contributed by atoms with van der Waals surface area (Å²) in [4.78, 5) is 25.2. The molecule has 3 aromatic rings. The topological polar surface area (TPSA) is 88.9 Å². The third-order valence-electron chi connectivity index (χ3n) is 4.95. The number of aromatic nitrogens is 3. The van der Waals surface area contributed by atoms with E-state index in [1.165, 1.54) is 11.8 Å². The van der Waals surface area contributed by atoms with E-state index >= 15 is 0 Å². The molecule has 2 aromatic carbocycles. The van der Waals surface area contributed by atoms with Gasteiger partial charge in [0, 0.05) is 12.7 Å². The first-order chi connectivity index (χ1) is 15.7. The number of carbonyl (C=O) groups is 2. The van der Waals surface area contributed by atoms with Crippen LogP contribution in [0, 0.1) is 12.8 Å². The van der Waals surface area contributed by atoms with Gasteiger partial charge in [0.25, 0.3) is 5.91 Å². The van der Waals surface area contributed by atoms with Gasteiger partial charge in [0.2, 0.25) is 5.91 Å². The number of rotatable bonds is 9. The lowest BCUT2D eigenvalue weighted by Gasteiger charge is -2.20. The van der Waals surface area contributed by atoms with E-state index < -0.39 is 0 Å². The van der Waals surface area contributed by atoms with E-state index in [9.17, 15) is 9.59 Å². The first kappa shape index (κ1) is 24.8. The molecule has 0 spiro atoms. The molecule has 0 saturated heterocycles. The Balaban J connectivity index is 1.69. The summed E-state index contributed by atoms with van der Waals surface area (Å²) < 4.78 is 1.82. The van der Waals surface area contributed by atoms with Crippen molar-refractivity contribution in [2.75, 3.05) is 11.1 Å². The average molecular weight is 486 g/mol. The van der Waals surface area contributed by atoms with Gasteiger partial charge in [-0.3, -0.25) is 9.59 Å². The van der Waals surface area contributed by atoms with Crippen molar-refractivity contribution in [2.24, 2.45) is 13.0 Å². The van der Waals surface area contributed by atoms with Crippen molar-refractivity contribution in [2.45, 2.75) is 38.4 Å². The second kappa shape index (κ2) is 11.3. The van der Waals surface area contributed by atoms with Gasteiger partial charge < -0.3 is 15.2 Å². The van der Waals surface area contributed by atoms with Gasteiger partial charge in [0.15, 0.2) is 11.0 Å². The van der Waals surface area contributed by atoms with Crippen molar-refractivity contribution in [3.8, 4) is 0 Å². The van der Waals surface area contributed by atoms with Gasteiger partial charge in [0.1, 0.15) is 0 Å². The Labute approximate surface area is 203 Å². The summed E-state index contributed by atoms with van der Waals surface area (Å²) in [5, 5.41) is 15.5. The number of anilines is 1. The Kier molecular flexibility index (Phi) is 8.52. The van der Waals surface area contributed by atoms with Gasteiger partial charge in [-0.15, -0.1) is 10.2 Å². The summed E-state index contributed by atoms with van der Waals surface area (Å²) in [5.41, 5.74) is 2.25. The van der Waals surface area contributed by atoms with E-state index in [0.717, 1.165) is 11.3 Å². The first-order valence-electron chi connectivity index (χ1n) is 10.7. The molecule has 174 valence electrons. The second-order valence-electron chi connectivity index (χ2n) is 8.24. The predicted octanol–water partition coefficient (Wildman–Crippen LogP) is 5.02. The standard InChI is InChI=1S/C24H28ClN5O2S/c1-15(2)12-20(27-23(32)18-10-5-6-11-19(18)25)22-28-29-24(30(22)4)33-14-21(31)26-17-9-7-8-16(3)13-17/h5-11,13,15,20H,12,14H2,1-4H3,(H,26,31)(H,27,32)/t20-/m0/s1. The number of hydrogen-bond acceptors (Lipinski definition) is 5. The molecule has 0 aliphatic carbocycles. The minimum atomic E-state index is -0.346. The van der Waals surface area contributed by atoms with Crippen molar-refractivity contribution in [3.63, 3.8) is 0 Å². The number of aryl methyl sites for hydroxylation is 1. The fraction of sp³-hybridized carbons (Fsp3) is 0.333. The maximum absolute atomic E-state index is 12.9. The van der Waals surface area contributed by atoms with Crippen LogP contribution in [0.1, 0.15) is 48.1 Å². The normalized spacial score (nSPS) is 11.9. The SMILES string of the molecule is Cc1cccc(NC(=O)CSc2nnc([C@H](CC(C)C)NC(=O)c3ccccc3Cl)n2C)c1. The van der Waals surface area contributed by atoms with Crippen LogP contribution in [0.2, 0.25) is 5.02 Å². The fourth-order valence-electron chi connectivity index (χ4n) is 3.39. The molecule has 3 rings (SSSR count). The number of benzene rings is 2. The lowest BCUT2D eigenvalue weighted by Crippen LogP contribution is -2.31. The van der Waals surface area contributed by atoms with Crippen LogP contribution >= 0.6 is 23.4 Å². The zero-order valence-corrected chi connectivity index (χ0v) is 20.7. The lowest BCUT2D eigenvalue weighted by molar-refractivity contribution is -0.113. The molecular formula is C24H28ClN5O2S. The maximum Gasteiger partial charge on any atom is 0.253 e. The van der Waals surface area contributed by atoms with E-state index in [4.69, 9.17) is 11.6 Å². The molecule has 2 amide bonds. The average Bonchev–Trinajstić information content (AvgIpc) is 3.12. The molecule has 9 heteroatoms. The summed E-state index contributed by atoms with van der Waals surface area (Å²) in [6, 6.07) is 14.2. The zero-order chi connectivity index (χ0) is 24.0. The van der Waals surface area contributed by atoms with Gasteiger partial charge in [-0.2, -0.15) is 0 Å². The molecular weight excluding hydrogens is 458 g/mol. The van der Waals surface area contributed by atoms with Crippen molar-refractivity contribution in [3.05, 3.63) is 70.5 Å². The monoisotopic (exact) mass is 485 g/mol. The molecule has 7 nitrogen and oxygen atoms in total. The number of hydrogen-bond donors (Lipinski definition) is 2. The van der Waals surface area contributed by atoms with Crippen LogP contribution in [0.25, 0.3) is 0 Å². The summed E-state index contributed by atoms with van der Waals surface area (Å²) in [7, 11) is 1.84. The summed E-state index contributed by atoms with van der Waals surface area (Å²) in [5.74, 6) is 0.753. The number of halogens is 1. The van der Waals surface area contributed by atoms with Crippen LogP contribution in [-0.4, -0.2) is 32.3 Å². The second-order valence-corrected chi connectivity index (χ2v) is 9.59. The van der Waals surface area contributed by atoms with Gasteiger partial charge >= 0.3 is 0 Å². The Bertz CT molecular complexity index is 1130. The molecule has 0 radical (unpaired) electrons. The molecule has 1 heterocycles. The van der Waals surface area contributed by atoms with Crippen LogP contribution in [0.5, 0.6) is 0 Å². The summed E-state index contributed by atoms with van der Waals surface area (Å²) in [6.07, 6.45) is 0.681. The number of amides is 2. The van der Waals surface area contributed by atoms with Crippen LogP contribution < -0.4 is 10.6 Å². The summed E-state index contributed by atoms with van der Waals surface area (Å²) in [6.45, 7) is 6.14. The number of nitrogens with zero attached hydrogens (tertiary/aromatic N) is 3. The predicted molar refractivity (Wildman–Crippen MR) is 133 cm³/mol. The van der Waals surface area contributed by atoms with Gasteiger partial charge in [-0.25, -0.2) is 0 Å². The lowest BCUT2D eigenvalue weighted by atomic mass is 10.0. The van der Waals surface area contributed by atoms with Gasteiger partial charge in [0.05, 0.1) is 22.4 Å². The zero-order valence-electron chi connectivity index (χ0n) is 19.1. The summed E-state index contributed by atoms with van der Waals surface area (Å²) >= 11 is 7.49. The molecule has 0 unspecified atom stereocenters. The third kappa shape index (κ3) is 6.82. The van der Waals surface area contributed by atoms with Crippen molar-refractivity contribution >= 4 is 40.9 Å². The fourth-order valence-corrected chi connectivity index (χ4v) is 4.33. The smallest absolute Gasteiger partial charge is 0.253 e. The molecule has 1 aromatic heterocycles. The van der Waals surface area contributed by atoms with E-state index in [0.29, 0.717) is 33.9 Å². The maximum atomic E-state index is 12.9. The van der Waals surface area contributed by atoms with Crippen LogP contribution in [-0.2, 0) is 11.8 Å². The molecule has 0 saturated carbocycles. The molecule has 0 aliphatic rings. The van der Waals surface area contributed by atoms with E-state index in [1.807, 2.05) is 42.8 Å². The quantitative estimate of drug-likeness (QED) is 0.415. The third-order valence-corrected chi connectivity index (χ3v) is 6.30. The largest absolute Gasteiger partial charge is 0.342 e. The van der Waals surface area contributed by atoms with Crippen LogP contribution in [0.15, 0.2) is 53.7 Å². The highest BCUT2D eigenvalue weighted by molar-refractivity contribution is 7.99. The van der Waals surface area contributed by atoms with Crippen molar-refractivity contribution < 1.29 is 9.59 Å². The Hall–Kier alpha value is -2.84. The number of nitrogens with one attached hydrogen (secondary N) is 2. The van der Waals surface area contributed by atoms with Gasteiger partial charge in [-0.05, 0) is 49.1 Å². The highest BCUT2D eigenvalue weighted by atomic mass is 35.5. The van der Waals surface area contributed by atoms with Gasteiger partial charge in [-0.1, -0.05) is 61.5 Å². The van der Waals surface area contributed by atoms with Crippen molar-refractivity contribution in [1.29, 1.82) is 0 Å². The minimum Gasteiger partial charge on any atom is -0.342 e. The van der Waals surface area contributed by atoms with Crippen LogP contribution in [0.4, 0.5) is 5.69 Å². The Morgan fingerprint density at radius 1 is 1.12 bits per heavy atom. The molecule has 2 N–H and O–H groups in total. The molecule has 33 heavy (non-hydrogen) atoms.